The first-order valence-corrected chi connectivity index (χ1v) is 4.60. The minimum absolute atomic E-state index is 0.198. The van der Waals surface area contributed by atoms with Gasteiger partial charge in [-0.3, -0.25) is 0 Å². The molecule has 4 nitrogen and oxygen atoms in total. The summed E-state index contributed by atoms with van der Waals surface area (Å²) in [7, 11) is 1.89. The largest absolute Gasteiger partial charge is 0.510 e. The number of rotatable bonds is 3. The molecule has 1 atom stereocenters. The highest BCUT2D eigenvalue weighted by Crippen LogP contribution is 2.04. The van der Waals surface area contributed by atoms with Gasteiger partial charge in [0.05, 0.1) is 0 Å². The molecule has 0 saturated heterocycles. The topological polar surface area (TPSA) is 40.5 Å². The molecule has 1 heterocycles. The third-order valence-corrected chi connectivity index (χ3v) is 1.60. The molecule has 0 N–H and O–H groups in total. The summed E-state index contributed by atoms with van der Waals surface area (Å²) in [6.07, 6.45) is 2.97. The number of halogens is 1. The second kappa shape index (κ2) is 4.91. The van der Waals surface area contributed by atoms with E-state index < -0.39 is 11.7 Å². The van der Waals surface area contributed by atoms with E-state index in [1.54, 1.807) is 6.92 Å². The van der Waals surface area contributed by atoms with Crippen LogP contribution in [0.2, 0.25) is 0 Å². The van der Waals surface area contributed by atoms with Gasteiger partial charge in [0.2, 0.25) is 0 Å². The van der Waals surface area contributed by atoms with E-state index in [9.17, 15) is 4.79 Å². The van der Waals surface area contributed by atoms with Gasteiger partial charge in [-0.05, 0) is 13.0 Å². The van der Waals surface area contributed by atoms with Gasteiger partial charge in [-0.2, -0.15) is 0 Å². The first-order valence-electron chi connectivity index (χ1n) is 4.16. The molecule has 0 bridgehead atoms. The fraction of sp³-hybridized carbons (Fsp3) is 0.444. The molecule has 14 heavy (non-hydrogen) atoms. The fourth-order valence-corrected chi connectivity index (χ4v) is 1.03. The maximum Gasteiger partial charge on any atom is 0.510 e. The van der Waals surface area contributed by atoms with Crippen LogP contribution in [0.25, 0.3) is 0 Å². The Morgan fingerprint density at radius 2 is 2.43 bits per heavy atom. The van der Waals surface area contributed by atoms with Gasteiger partial charge in [0.25, 0.3) is 0 Å². The van der Waals surface area contributed by atoms with Crippen LogP contribution in [0, 0.1) is 0 Å². The van der Waals surface area contributed by atoms with Crippen molar-refractivity contribution >= 4 is 17.8 Å². The SMILES string of the molecule is CC(Cl)OC(=O)OCc1ccn(C)c1. The molecule has 0 aromatic carbocycles. The molecule has 0 aliphatic carbocycles. The number of nitrogens with zero attached hydrogens (tertiary/aromatic N) is 1. The lowest BCUT2D eigenvalue weighted by Crippen LogP contribution is -2.11. The first kappa shape index (κ1) is 10.9. The number of carbonyl (C=O) groups excluding carboxylic acids is 1. The van der Waals surface area contributed by atoms with Crippen LogP contribution in [0.5, 0.6) is 0 Å². The van der Waals surface area contributed by atoms with Crippen LogP contribution < -0.4 is 0 Å². The van der Waals surface area contributed by atoms with Crippen LogP contribution >= 0.6 is 11.6 Å². The molecular formula is C9H12ClNO3. The summed E-state index contributed by atoms with van der Waals surface area (Å²) in [5, 5.41) is 0. The highest BCUT2D eigenvalue weighted by Gasteiger charge is 2.07. The molecule has 0 amide bonds. The molecule has 0 aliphatic heterocycles. The summed E-state index contributed by atoms with van der Waals surface area (Å²) in [6.45, 7) is 1.74. The third kappa shape index (κ3) is 3.70. The normalized spacial score (nSPS) is 12.2. The van der Waals surface area contributed by atoms with Crippen LogP contribution in [-0.2, 0) is 23.1 Å². The van der Waals surface area contributed by atoms with Gasteiger partial charge < -0.3 is 14.0 Å². The zero-order valence-corrected chi connectivity index (χ0v) is 8.82. The van der Waals surface area contributed by atoms with E-state index in [1.165, 1.54) is 0 Å². The number of aryl methyl sites for hydroxylation is 1. The fourth-order valence-electron chi connectivity index (χ4n) is 0.955. The van der Waals surface area contributed by atoms with Crippen molar-refractivity contribution in [1.82, 2.24) is 4.57 Å². The molecule has 5 heteroatoms. The summed E-state index contributed by atoms with van der Waals surface area (Å²) in [6, 6.07) is 1.86. The molecular weight excluding hydrogens is 206 g/mol. The second-order valence-electron chi connectivity index (χ2n) is 2.88. The maximum atomic E-state index is 10.9. The van der Waals surface area contributed by atoms with Crippen molar-refractivity contribution < 1.29 is 14.3 Å². The number of ether oxygens (including phenoxy) is 2. The molecule has 1 aromatic rings. The predicted octanol–water partition coefficient (Wildman–Crippen LogP) is 2.26. The summed E-state index contributed by atoms with van der Waals surface area (Å²) in [4.78, 5) is 10.9. The first-order chi connectivity index (χ1) is 6.58. The van der Waals surface area contributed by atoms with Crippen LogP contribution in [-0.4, -0.2) is 16.3 Å². The van der Waals surface area contributed by atoms with Gasteiger partial charge in [0, 0.05) is 25.0 Å². The van der Waals surface area contributed by atoms with Crippen molar-refractivity contribution in [1.29, 1.82) is 0 Å². The highest BCUT2D eigenvalue weighted by atomic mass is 35.5. The molecule has 1 aromatic heterocycles. The zero-order valence-electron chi connectivity index (χ0n) is 8.07. The van der Waals surface area contributed by atoms with Crippen molar-refractivity contribution in [3.05, 3.63) is 24.0 Å². The van der Waals surface area contributed by atoms with Gasteiger partial charge >= 0.3 is 6.16 Å². The van der Waals surface area contributed by atoms with E-state index in [2.05, 4.69) is 4.74 Å². The number of hydrogen-bond acceptors (Lipinski definition) is 3. The van der Waals surface area contributed by atoms with Crippen molar-refractivity contribution in [2.45, 2.75) is 19.1 Å². The Bertz CT molecular complexity index is 309. The Kier molecular flexibility index (Phi) is 3.83. The van der Waals surface area contributed by atoms with Crippen LogP contribution in [0.1, 0.15) is 12.5 Å². The minimum Gasteiger partial charge on any atom is -0.429 e. The molecule has 0 spiro atoms. The van der Waals surface area contributed by atoms with Crippen molar-refractivity contribution in [3.8, 4) is 0 Å². The van der Waals surface area contributed by atoms with Gasteiger partial charge in [0.1, 0.15) is 6.61 Å². The molecule has 1 rings (SSSR count). The lowest BCUT2D eigenvalue weighted by Gasteiger charge is -2.05. The minimum atomic E-state index is -0.753. The van der Waals surface area contributed by atoms with Gasteiger partial charge in [-0.1, -0.05) is 11.6 Å². The van der Waals surface area contributed by atoms with Crippen molar-refractivity contribution in [3.63, 3.8) is 0 Å². The van der Waals surface area contributed by atoms with Gasteiger partial charge in [-0.15, -0.1) is 0 Å². The Labute approximate surface area is 87.4 Å². The molecule has 0 fully saturated rings. The van der Waals surface area contributed by atoms with E-state index in [-0.39, 0.29) is 6.61 Å². The summed E-state index contributed by atoms with van der Waals surface area (Å²) < 4.78 is 11.2. The summed E-state index contributed by atoms with van der Waals surface area (Å²) in [5.41, 5.74) is 0.241. The van der Waals surface area contributed by atoms with Crippen molar-refractivity contribution in [2.24, 2.45) is 7.05 Å². The van der Waals surface area contributed by atoms with Gasteiger partial charge in [0.15, 0.2) is 5.56 Å². The Hall–Kier alpha value is -1.16. The third-order valence-electron chi connectivity index (χ3n) is 1.51. The number of alkyl halides is 1. The number of aromatic nitrogens is 1. The molecule has 0 radical (unpaired) electrons. The van der Waals surface area contributed by atoms with E-state index in [0.717, 1.165) is 5.56 Å². The van der Waals surface area contributed by atoms with E-state index >= 15 is 0 Å². The molecule has 0 aliphatic rings. The van der Waals surface area contributed by atoms with Crippen LogP contribution in [0.3, 0.4) is 0 Å². The lowest BCUT2D eigenvalue weighted by molar-refractivity contribution is 0.0445. The Morgan fingerprint density at radius 1 is 1.71 bits per heavy atom. The van der Waals surface area contributed by atoms with E-state index in [1.807, 2.05) is 30.1 Å². The average Bonchev–Trinajstić information content (AvgIpc) is 2.47. The van der Waals surface area contributed by atoms with E-state index in [0.29, 0.717) is 0 Å². The number of hydrogen-bond donors (Lipinski definition) is 0. The Morgan fingerprint density at radius 3 is 2.93 bits per heavy atom. The van der Waals surface area contributed by atoms with Crippen LogP contribution in [0.15, 0.2) is 18.5 Å². The maximum absolute atomic E-state index is 10.9. The molecule has 1 unspecified atom stereocenters. The second-order valence-corrected chi connectivity index (χ2v) is 3.50. The Balaban J connectivity index is 2.30. The van der Waals surface area contributed by atoms with Gasteiger partial charge in [-0.25, -0.2) is 4.79 Å². The quantitative estimate of drug-likeness (QED) is 0.576. The molecule has 0 saturated carbocycles. The smallest absolute Gasteiger partial charge is 0.429 e. The lowest BCUT2D eigenvalue weighted by atomic mass is 10.4. The predicted molar refractivity (Wildman–Crippen MR) is 52.0 cm³/mol. The monoisotopic (exact) mass is 217 g/mol. The molecule has 78 valence electrons. The van der Waals surface area contributed by atoms with E-state index in [4.69, 9.17) is 16.3 Å². The van der Waals surface area contributed by atoms with Crippen LogP contribution in [0.4, 0.5) is 4.79 Å². The average molecular weight is 218 g/mol. The highest BCUT2D eigenvalue weighted by molar-refractivity contribution is 6.19. The zero-order chi connectivity index (χ0) is 10.6. The van der Waals surface area contributed by atoms with Crippen molar-refractivity contribution in [2.75, 3.05) is 0 Å². The number of carbonyl (C=O) groups is 1. The summed E-state index contributed by atoms with van der Waals surface area (Å²) >= 11 is 5.43. The summed E-state index contributed by atoms with van der Waals surface area (Å²) in [5.74, 6) is 0. The standard InChI is InChI=1S/C9H12ClNO3/c1-7(10)14-9(12)13-6-8-3-4-11(2)5-8/h3-5,7H,6H2,1-2H3.